The molecule has 0 fully saturated rings. The molecule has 0 spiro atoms. The number of nitrogens with zero attached hydrogens (tertiary/aromatic N) is 3. The van der Waals surface area contributed by atoms with Crippen molar-refractivity contribution in [3.05, 3.63) is 47.9 Å². The molecule has 4 rings (SSSR count). The minimum Gasteiger partial charge on any atom is -0.507 e. The van der Waals surface area contributed by atoms with E-state index in [1.807, 2.05) is 24.4 Å². The van der Waals surface area contributed by atoms with Crippen LogP contribution in [0.15, 0.2) is 36.5 Å². The van der Waals surface area contributed by atoms with Crippen LogP contribution in [0, 0.1) is 0 Å². The molecule has 0 atom stereocenters. The first kappa shape index (κ1) is 18.7. The molecule has 0 bridgehead atoms. The van der Waals surface area contributed by atoms with Crippen LogP contribution < -0.4 is 14.8 Å². The van der Waals surface area contributed by atoms with E-state index >= 15 is 0 Å². The maximum Gasteiger partial charge on any atom is 0.258 e. The van der Waals surface area contributed by atoms with Gasteiger partial charge in [0.1, 0.15) is 28.4 Å². The van der Waals surface area contributed by atoms with Gasteiger partial charge in [-0.15, -0.1) is 10.2 Å². The van der Waals surface area contributed by atoms with Crippen LogP contribution in [0.2, 0.25) is 0 Å². The van der Waals surface area contributed by atoms with Crippen LogP contribution in [-0.4, -0.2) is 43.6 Å². The fraction of sp³-hybridized carbons (Fsp3) is 0.300. The van der Waals surface area contributed by atoms with Gasteiger partial charge < -0.3 is 19.9 Å². The number of carbonyl (C=O) groups is 2. The van der Waals surface area contributed by atoms with E-state index < -0.39 is 5.60 Å². The number of nitrogens with one attached hydrogen (secondary N) is 1. The summed E-state index contributed by atoms with van der Waals surface area (Å²) in [6.07, 6.45) is 1.99. The van der Waals surface area contributed by atoms with Gasteiger partial charge in [-0.3, -0.25) is 14.0 Å². The lowest BCUT2D eigenvalue weighted by atomic mass is 9.92. The van der Waals surface area contributed by atoms with Gasteiger partial charge in [-0.2, -0.15) is 0 Å². The van der Waals surface area contributed by atoms with Gasteiger partial charge in [0.15, 0.2) is 23.9 Å². The molecule has 3 heterocycles. The van der Waals surface area contributed by atoms with Crippen molar-refractivity contribution in [1.29, 1.82) is 0 Å². The highest BCUT2D eigenvalue weighted by molar-refractivity contribution is 6.03. The number of ether oxygens (including phenoxy) is 2. The average molecular weight is 396 g/mol. The number of aromatic hydroxyl groups is 1. The molecule has 9 nitrogen and oxygen atoms in total. The number of benzene rings is 1. The smallest absolute Gasteiger partial charge is 0.258 e. The van der Waals surface area contributed by atoms with Crippen molar-refractivity contribution >= 4 is 17.3 Å². The monoisotopic (exact) mass is 396 g/mol. The number of carbonyl (C=O) groups excluding carboxylic acids is 2. The fourth-order valence-corrected chi connectivity index (χ4v) is 3.22. The van der Waals surface area contributed by atoms with Crippen LogP contribution in [0.25, 0.3) is 5.65 Å². The highest BCUT2D eigenvalue weighted by atomic mass is 16.5. The summed E-state index contributed by atoms with van der Waals surface area (Å²) in [5, 5.41) is 20.9. The first-order valence-electron chi connectivity index (χ1n) is 9.10. The van der Waals surface area contributed by atoms with Crippen molar-refractivity contribution in [2.45, 2.75) is 32.4 Å². The van der Waals surface area contributed by atoms with Crippen LogP contribution in [0.4, 0.5) is 0 Å². The summed E-state index contributed by atoms with van der Waals surface area (Å²) in [6, 6.07) is 8.33. The zero-order chi connectivity index (χ0) is 20.6. The topological polar surface area (TPSA) is 115 Å². The molecule has 0 aliphatic carbocycles. The molecule has 3 aromatic rings. The molecule has 1 aliphatic heterocycles. The number of fused-ring (bicyclic) bond motifs is 2. The van der Waals surface area contributed by atoms with Gasteiger partial charge in [0, 0.05) is 18.3 Å². The molecule has 2 aromatic heterocycles. The largest absolute Gasteiger partial charge is 0.507 e. The highest BCUT2D eigenvalue weighted by Crippen LogP contribution is 2.40. The molecular weight excluding hydrogens is 376 g/mol. The molecule has 1 amide bonds. The van der Waals surface area contributed by atoms with E-state index in [-0.39, 0.29) is 54.1 Å². The van der Waals surface area contributed by atoms with E-state index in [2.05, 4.69) is 15.5 Å². The van der Waals surface area contributed by atoms with Gasteiger partial charge in [0.05, 0.1) is 13.0 Å². The number of hydrogen-bond donors (Lipinski definition) is 2. The van der Waals surface area contributed by atoms with E-state index in [9.17, 15) is 14.7 Å². The number of Topliss-reactive ketones (excluding diaryl/α,β-unsaturated/α-hetero) is 1. The Kier molecular flexibility index (Phi) is 4.57. The minimum atomic E-state index is -0.673. The van der Waals surface area contributed by atoms with Gasteiger partial charge in [-0.05, 0) is 26.0 Å². The van der Waals surface area contributed by atoms with Crippen molar-refractivity contribution in [2.75, 3.05) is 6.61 Å². The lowest BCUT2D eigenvalue weighted by molar-refractivity contribution is -0.123. The Morgan fingerprint density at radius 3 is 3.00 bits per heavy atom. The van der Waals surface area contributed by atoms with Gasteiger partial charge >= 0.3 is 0 Å². The maximum absolute atomic E-state index is 12.2. The summed E-state index contributed by atoms with van der Waals surface area (Å²) in [4.78, 5) is 24.4. The predicted molar refractivity (Wildman–Crippen MR) is 102 cm³/mol. The number of pyridine rings is 1. The van der Waals surface area contributed by atoms with E-state index in [1.165, 1.54) is 12.1 Å². The second-order valence-corrected chi connectivity index (χ2v) is 7.39. The molecule has 0 unspecified atom stereocenters. The van der Waals surface area contributed by atoms with E-state index in [4.69, 9.17) is 9.47 Å². The first-order valence-corrected chi connectivity index (χ1v) is 9.10. The number of phenols is 1. The van der Waals surface area contributed by atoms with Gasteiger partial charge in [-0.1, -0.05) is 6.07 Å². The SMILES string of the molecule is CC1(C)CC(=O)c2c(O)cc(OCC(=O)NCc3nnc4ccccn34)cc2O1. The Hall–Kier alpha value is -3.62. The maximum atomic E-state index is 12.2. The molecule has 0 saturated heterocycles. The van der Waals surface area contributed by atoms with Crippen molar-refractivity contribution in [3.63, 3.8) is 0 Å². The summed E-state index contributed by atoms with van der Waals surface area (Å²) in [5.41, 5.74) is 0.155. The third-order valence-electron chi connectivity index (χ3n) is 4.50. The van der Waals surface area contributed by atoms with E-state index in [1.54, 1.807) is 18.2 Å². The van der Waals surface area contributed by atoms with Gasteiger partial charge in [0.25, 0.3) is 5.91 Å². The van der Waals surface area contributed by atoms with Crippen LogP contribution in [0.1, 0.15) is 36.5 Å². The summed E-state index contributed by atoms with van der Waals surface area (Å²) >= 11 is 0. The van der Waals surface area contributed by atoms with Crippen molar-refractivity contribution in [2.24, 2.45) is 0 Å². The lowest BCUT2D eigenvalue weighted by Crippen LogP contribution is -2.36. The minimum absolute atomic E-state index is 0.139. The first-order chi connectivity index (χ1) is 13.8. The molecule has 0 saturated carbocycles. The second kappa shape index (κ2) is 7.08. The van der Waals surface area contributed by atoms with E-state index in [0.29, 0.717) is 11.5 Å². The molecule has 1 aromatic carbocycles. The number of ketones is 1. The second-order valence-electron chi connectivity index (χ2n) is 7.39. The quantitative estimate of drug-likeness (QED) is 0.676. The van der Waals surface area contributed by atoms with Crippen LogP contribution >= 0.6 is 0 Å². The third-order valence-corrected chi connectivity index (χ3v) is 4.50. The van der Waals surface area contributed by atoms with Gasteiger partial charge in [0.2, 0.25) is 0 Å². The Bertz CT molecular complexity index is 1110. The average Bonchev–Trinajstić information content (AvgIpc) is 3.06. The number of aromatic nitrogens is 3. The summed E-state index contributed by atoms with van der Waals surface area (Å²) in [7, 11) is 0. The highest BCUT2D eigenvalue weighted by Gasteiger charge is 2.35. The number of amides is 1. The Labute approximate surface area is 166 Å². The zero-order valence-corrected chi connectivity index (χ0v) is 16.0. The Morgan fingerprint density at radius 1 is 1.34 bits per heavy atom. The van der Waals surface area contributed by atoms with Crippen molar-refractivity contribution < 1.29 is 24.2 Å². The van der Waals surface area contributed by atoms with Crippen LogP contribution in [0.3, 0.4) is 0 Å². The number of phenolic OH excluding ortho intramolecular Hbond substituents is 1. The molecule has 9 heteroatoms. The van der Waals surface area contributed by atoms with Crippen LogP contribution in [-0.2, 0) is 11.3 Å². The summed E-state index contributed by atoms with van der Waals surface area (Å²) in [6.45, 7) is 3.50. The Morgan fingerprint density at radius 2 is 2.17 bits per heavy atom. The summed E-state index contributed by atoms with van der Waals surface area (Å²) < 4.78 is 13.0. The molecule has 150 valence electrons. The Balaban J connectivity index is 1.39. The molecule has 2 N–H and O–H groups in total. The predicted octanol–water partition coefficient (Wildman–Crippen LogP) is 1.87. The normalized spacial score (nSPS) is 14.9. The summed E-state index contributed by atoms with van der Waals surface area (Å²) in [5.74, 6) is 0.278. The van der Waals surface area contributed by atoms with E-state index in [0.717, 1.165) is 0 Å². The van der Waals surface area contributed by atoms with Crippen molar-refractivity contribution in [1.82, 2.24) is 19.9 Å². The molecule has 0 radical (unpaired) electrons. The fourth-order valence-electron chi connectivity index (χ4n) is 3.22. The number of rotatable bonds is 5. The van der Waals surface area contributed by atoms with Crippen molar-refractivity contribution in [3.8, 4) is 17.2 Å². The lowest BCUT2D eigenvalue weighted by Gasteiger charge is -2.32. The molecular formula is C20H20N4O5. The zero-order valence-electron chi connectivity index (χ0n) is 16.0. The number of hydrogen-bond acceptors (Lipinski definition) is 7. The third kappa shape index (κ3) is 3.84. The standard InChI is InChI=1S/C20H20N4O5/c1-20(2)9-14(26)19-13(25)7-12(8-15(19)29-20)28-11-18(27)21-10-17-23-22-16-5-3-4-6-24(16)17/h3-8,25H,9-11H2,1-2H3,(H,21,27). The molecule has 29 heavy (non-hydrogen) atoms. The van der Waals surface area contributed by atoms with Gasteiger partial charge in [-0.25, -0.2) is 0 Å². The molecule has 1 aliphatic rings. The van der Waals surface area contributed by atoms with Crippen LogP contribution in [0.5, 0.6) is 17.2 Å².